The molecule has 0 radical (unpaired) electrons. The highest BCUT2D eigenvalue weighted by molar-refractivity contribution is 5.81. The van der Waals surface area contributed by atoms with Crippen LogP contribution in [0, 0.1) is 12.8 Å². The Hall–Kier alpha value is -1.40. The van der Waals surface area contributed by atoms with Gasteiger partial charge >= 0.3 is 0 Å². The fourth-order valence-electron chi connectivity index (χ4n) is 4.33. The van der Waals surface area contributed by atoms with Gasteiger partial charge in [-0.3, -0.25) is 14.4 Å². The van der Waals surface area contributed by atoms with Gasteiger partial charge in [-0.15, -0.1) is 0 Å². The van der Waals surface area contributed by atoms with Crippen LogP contribution in [0.15, 0.2) is 6.20 Å². The molecule has 0 bridgehead atoms. The molecule has 1 atom stereocenters. The lowest BCUT2D eigenvalue weighted by Crippen LogP contribution is -2.53. The van der Waals surface area contributed by atoms with Gasteiger partial charge in [-0.2, -0.15) is 5.10 Å². The molecule has 1 aromatic rings. The van der Waals surface area contributed by atoms with Crippen LogP contribution >= 0.6 is 0 Å². The van der Waals surface area contributed by atoms with E-state index in [-0.39, 0.29) is 11.5 Å². The van der Waals surface area contributed by atoms with E-state index >= 15 is 0 Å². The Labute approximate surface area is 149 Å². The highest BCUT2D eigenvalue weighted by Crippen LogP contribution is 2.36. The number of aryl methyl sites for hydroxylation is 2. The quantitative estimate of drug-likeness (QED) is 0.903. The van der Waals surface area contributed by atoms with Crippen molar-refractivity contribution in [3.8, 4) is 0 Å². The van der Waals surface area contributed by atoms with Crippen molar-refractivity contribution in [3.63, 3.8) is 0 Å². The standard InChI is InChI=1S/C19H30N4O2/c1-14-16(12-22(2)21-14)13-23-8-6-19(7-9-23)11-17(5-10-25-19)20-18(24)15-3-4-15/h12,15,17H,3-11,13H2,1-2H3,(H,20,24)/t17-/m0/s1. The van der Waals surface area contributed by atoms with Gasteiger partial charge in [0.2, 0.25) is 5.91 Å². The van der Waals surface area contributed by atoms with E-state index in [4.69, 9.17) is 4.74 Å². The van der Waals surface area contributed by atoms with Crippen molar-refractivity contribution >= 4 is 5.91 Å². The molecule has 0 unspecified atom stereocenters. The van der Waals surface area contributed by atoms with E-state index in [1.54, 1.807) is 0 Å². The van der Waals surface area contributed by atoms with E-state index in [1.807, 2.05) is 11.7 Å². The zero-order valence-corrected chi connectivity index (χ0v) is 15.5. The van der Waals surface area contributed by atoms with Crippen LogP contribution in [0.3, 0.4) is 0 Å². The summed E-state index contributed by atoms with van der Waals surface area (Å²) in [5.41, 5.74) is 2.41. The van der Waals surface area contributed by atoms with E-state index < -0.39 is 0 Å². The number of amides is 1. The van der Waals surface area contributed by atoms with Crippen molar-refractivity contribution in [1.82, 2.24) is 20.0 Å². The second-order valence-corrected chi connectivity index (χ2v) is 8.19. The van der Waals surface area contributed by atoms with E-state index in [2.05, 4.69) is 28.4 Å². The fourth-order valence-corrected chi connectivity index (χ4v) is 4.33. The van der Waals surface area contributed by atoms with Crippen molar-refractivity contribution in [3.05, 3.63) is 17.5 Å². The molecule has 1 N–H and O–H groups in total. The highest BCUT2D eigenvalue weighted by atomic mass is 16.5. The third-order valence-corrected chi connectivity index (χ3v) is 6.06. The Kier molecular flexibility index (Phi) is 4.58. The molecule has 0 aromatic carbocycles. The summed E-state index contributed by atoms with van der Waals surface area (Å²) < 4.78 is 8.12. The molecule has 3 fully saturated rings. The summed E-state index contributed by atoms with van der Waals surface area (Å²) in [5.74, 6) is 0.565. The molecule has 6 heteroatoms. The largest absolute Gasteiger partial charge is 0.375 e. The first-order valence-electron chi connectivity index (χ1n) is 9.69. The van der Waals surface area contributed by atoms with Crippen LogP contribution in [-0.2, 0) is 23.1 Å². The van der Waals surface area contributed by atoms with Crippen LogP contribution in [0.5, 0.6) is 0 Å². The molecular formula is C19H30N4O2. The van der Waals surface area contributed by atoms with Crippen molar-refractivity contribution in [1.29, 1.82) is 0 Å². The molecule has 2 aliphatic heterocycles. The molecular weight excluding hydrogens is 316 g/mol. The lowest BCUT2D eigenvalue weighted by molar-refractivity contribution is -0.132. The summed E-state index contributed by atoms with van der Waals surface area (Å²) in [7, 11) is 1.98. The summed E-state index contributed by atoms with van der Waals surface area (Å²) in [5, 5.41) is 7.71. The van der Waals surface area contributed by atoms with Crippen molar-refractivity contribution in [2.24, 2.45) is 13.0 Å². The Bertz CT molecular complexity index is 629. The van der Waals surface area contributed by atoms with Gasteiger partial charge in [-0.05, 0) is 45.4 Å². The lowest BCUT2D eigenvalue weighted by atomic mass is 9.82. The van der Waals surface area contributed by atoms with Crippen molar-refractivity contribution in [2.45, 2.75) is 63.6 Å². The fraction of sp³-hybridized carbons (Fsp3) is 0.789. The molecule has 4 rings (SSSR count). The topological polar surface area (TPSA) is 59.4 Å². The van der Waals surface area contributed by atoms with Crippen LogP contribution < -0.4 is 5.32 Å². The van der Waals surface area contributed by atoms with Gasteiger partial charge < -0.3 is 10.1 Å². The van der Waals surface area contributed by atoms with E-state index in [1.165, 1.54) is 5.56 Å². The first-order chi connectivity index (χ1) is 12.0. The molecule has 25 heavy (non-hydrogen) atoms. The molecule has 3 heterocycles. The number of nitrogens with one attached hydrogen (secondary N) is 1. The molecule has 1 amide bonds. The minimum absolute atomic E-state index is 0.0275. The van der Waals surface area contributed by atoms with E-state index in [0.717, 1.165) is 70.5 Å². The predicted octanol–water partition coefficient (Wildman–Crippen LogP) is 1.77. The van der Waals surface area contributed by atoms with Crippen LogP contribution in [-0.4, -0.2) is 51.9 Å². The molecule has 2 saturated heterocycles. The number of piperidine rings is 1. The van der Waals surface area contributed by atoms with Gasteiger partial charge in [0.1, 0.15) is 0 Å². The van der Waals surface area contributed by atoms with E-state index in [0.29, 0.717) is 12.0 Å². The predicted molar refractivity (Wildman–Crippen MR) is 95.0 cm³/mol. The SMILES string of the molecule is Cc1nn(C)cc1CN1CCC2(CC1)C[C@@H](NC(=O)C1CC1)CCO2. The van der Waals surface area contributed by atoms with Crippen LogP contribution in [0.2, 0.25) is 0 Å². The van der Waals surface area contributed by atoms with Crippen molar-refractivity contribution < 1.29 is 9.53 Å². The molecule has 138 valence electrons. The van der Waals surface area contributed by atoms with Gasteiger partial charge in [0.15, 0.2) is 0 Å². The molecule has 6 nitrogen and oxygen atoms in total. The zero-order chi connectivity index (χ0) is 17.4. The van der Waals surface area contributed by atoms with Crippen molar-refractivity contribution in [2.75, 3.05) is 19.7 Å². The second kappa shape index (κ2) is 6.72. The minimum Gasteiger partial charge on any atom is -0.375 e. The van der Waals surface area contributed by atoms with Gasteiger partial charge in [0.25, 0.3) is 0 Å². The van der Waals surface area contributed by atoms with Gasteiger partial charge in [0.05, 0.1) is 11.3 Å². The molecule has 1 aromatic heterocycles. The number of carbonyl (C=O) groups excluding carboxylic acids is 1. The normalized spacial score (nSPS) is 26.7. The highest BCUT2D eigenvalue weighted by Gasteiger charge is 2.41. The summed E-state index contributed by atoms with van der Waals surface area (Å²) in [6.45, 7) is 5.93. The third-order valence-electron chi connectivity index (χ3n) is 6.06. The number of ether oxygens (including phenoxy) is 1. The molecule has 1 spiro atoms. The Balaban J connectivity index is 1.30. The number of rotatable bonds is 4. The number of hydrogen-bond acceptors (Lipinski definition) is 4. The van der Waals surface area contributed by atoms with Gasteiger partial charge in [-0.25, -0.2) is 0 Å². The number of carbonyl (C=O) groups is 1. The Morgan fingerprint density at radius 2 is 2.12 bits per heavy atom. The van der Waals surface area contributed by atoms with E-state index in [9.17, 15) is 4.79 Å². The number of aromatic nitrogens is 2. The third kappa shape index (κ3) is 3.90. The summed E-state index contributed by atoms with van der Waals surface area (Å²) in [6, 6.07) is 0.300. The maximum Gasteiger partial charge on any atom is 0.223 e. The first kappa shape index (κ1) is 17.0. The molecule has 1 aliphatic carbocycles. The summed E-state index contributed by atoms with van der Waals surface area (Å²) in [6.07, 6.45) is 8.32. The lowest BCUT2D eigenvalue weighted by Gasteiger charge is -2.46. The molecule has 3 aliphatic rings. The average Bonchev–Trinajstić information content (AvgIpc) is 3.37. The number of hydrogen-bond donors (Lipinski definition) is 1. The Morgan fingerprint density at radius 3 is 2.76 bits per heavy atom. The first-order valence-corrected chi connectivity index (χ1v) is 9.69. The zero-order valence-electron chi connectivity index (χ0n) is 15.5. The van der Waals surface area contributed by atoms with Gasteiger partial charge in [0, 0.05) is 57.0 Å². The smallest absolute Gasteiger partial charge is 0.223 e. The monoisotopic (exact) mass is 346 g/mol. The summed E-state index contributed by atoms with van der Waals surface area (Å²) >= 11 is 0. The van der Waals surface area contributed by atoms with Gasteiger partial charge in [-0.1, -0.05) is 0 Å². The maximum atomic E-state index is 12.1. The van der Waals surface area contributed by atoms with Crippen LogP contribution in [0.25, 0.3) is 0 Å². The summed E-state index contributed by atoms with van der Waals surface area (Å²) in [4.78, 5) is 14.6. The number of nitrogens with zero attached hydrogens (tertiary/aromatic N) is 3. The molecule has 1 saturated carbocycles. The Morgan fingerprint density at radius 1 is 1.36 bits per heavy atom. The number of likely N-dealkylation sites (tertiary alicyclic amines) is 1. The van der Waals surface area contributed by atoms with Crippen LogP contribution in [0.4, 0.5) is 0 Å². The van der Waals surface area contributed by atoms with Crippen LogP contribution in [0.1, 0.15) is 49.8 Å². The second-order valence-electron chi connectivity index (χ2n) is 8.19. The maximum absolute atomic E-state index is 12.1. The average molecular weight is 346 g/mol. The minimum atomic E-state index is -0.0275.